The van der Waals surface area contributed by atoms with Crippen molar-refractivity contribution in [3.8, 4) is 17.2 Å². The maximum atomic E-state index is 13.8. The van der Waals surface area contributed by atoms with Gasteiger partial charge in [-0.2, -0.15) is 4.98 Å². The third-order valence-electron chi connectivity index (χ3n) is 5.59. The number of para-hydroxylation sites is 2. The van der Waals surface area contributed by atoms with Gasteiger partial charge in [-0.05, 0) is 56.4 Å². The molecule has 1 aliphatic rings. The van der Waals surface area contributed by atoms with Gasteiger partial charge in [0.1, 0.15) is 11.8 Å². The van der Waals surface area contributed by atoms with Crippen LogP contribution in [0.25, 0.3) is 0 Å². The summed E-state index contributed by atoms with van der Waals surface area (Å²) in [5.74, 6) is 2.97. The quantitative estimate of drug-likeness (QED) is 0.363. The summed E-state index contributed by atoms with van der Waals surface area (Å²) in [7, 11) is 1.60. The van der Waals surface area contributed by atoms with Gasteiger partial charge >= 0.3 is 0 Å². The molecule has 10 heteroatoms. The summed E-state index contributed by atoms with van der Waals surface area (Å²) >= 11 is 1.54. The van der Waals surface area contributed by atoms with Crippen molar-refractivity contribution in [2.45, 2.75) is 38.9 Å². The Hall–Kier alpha value is -3.66. The molecule has 0 fully saturated rings. The molecule has 190 valence electrons. The SMILES string of the molecule is CCOc1ccccc1NC(=O)C1=C(C)Nc2nc(SCC)nn2C1c1ccc(OCC)c(OC)c1. The fourth-order valence-electron chi connectivity index (χ4n) is 4.09. The van der Waals surface area contributed by atoms with Crippen molar-refractivity contribution in [2.24, 2.45) is 0 Å². The number of amides is 1. The number of nitrogens with one attached hydrogen (secondary N) is 2. The number of carbonyl (C=O) groups is 1. The van der Waals surface area contributed by atoms with E-state index in [0.29, 0.717) is 58.5 Å². The Morgan fingerprint density at radius 3 is 2.56 bits per heavy atom. The van der Waals surface area contributed by atoms with Crippen LogP contribution in [0.4, 0.5) is 11.6 Å². The molecule has 0 spiro atoms. The molecule has 1 amide bonds. The van der Waals surface area contributed by atoms with Crippen molar-refractivity contribution in [2.75, 3.05) is 36.7 Å². The predicted molar refractivity (Wildman–Crippen MR) is 141 cm³/mol. The first-order chi connectivity index (χ1) is 17.5. The van der Waals surface area contributed by atoms with E-state index in [9.17, 15) is 4.79 Å². The molecular formula is C26H31N5O4S. The summed E-state index contributed by atoms with van der Waals surface area (Å²) < 4.78 is 18.8. The van der Waals surface area contributed by atoms with Gasteiger partial charge in [-0.15, -0.1) is 5.10 Å². The van der Waals surface area contributed by atoms with E-state index >= 15 is 0 Å². The third-order valence-corrected chi connectivity index (χ3v) is 6.31. The lowest BCUT2D eigenvalue weighted by Gasteiger charge is -2.29. The van der Waals surface area contributed by atoms with Crippen molar-refractivity contribution < 1.29 is 19.0 Å². The first kappa shape index (κ1) is 25.4. The van der Waals surface area contributed by atoms with Crippen molar-refractivity contribution in [1.82, 2.24) is 14.8 Å². The fraction of sp³-hybridized carbons (Fsp3) is 0.346. The number of nitrogens with zero attached hydrogens (tertiary/aromatic N) is 3. The molecule has 0 aliphatic carbocycles. The van der Waals surface area contributed by atoms with Crippen LogP contribution in [-0.2, 0) is 4.79 Å². The van der Waals surface area contributed by atoms with E-state index in [4.69, 9.17) is 19.3 Å². The van der Waals surface area contributed by atoms with Crippen LogP contribution in [0, 0.1) is 0 Å². The number of rotatable bonds is 10. The second-order valence-electron chi connectivity index (χ2n) is 7.89. The molecular weight excluding hydrogens is 478 g/mol. The number of benzene rings is 2. The molecule has 1 atom stereocenters. The van der Waals surface area contributed by atoms with Gasteiger partial charge in [0.2, 0.25) is 11.1 Å². The normalized spacial score (nSPS) is 14.6. The molecule has 1 aromatic heterocycles. The fourth-order valence-corrected chi connectivity index (χ4v) is 4.65. The van der Waals surface area contributed by atoms with Gasteiger partial charge in [-0.1, -0.05) is 36.9 Å². The molecule has 9 nitrogen and oxygen atoms in total. The van der Waals surface area contributed by atoms with Crippen molar-refractivity contribution in [1.29, 1.82) is 0 Å². The minimum absolute atomic E-state index is 0.268. The van der Waals surface area contributed by atoms with Crippen molar-refractivity contribution in [3.05, 3.63) is 59.3 Å². The molecule has 3 aromatic rings. The zero-order chi connectivity index (χ0) is 25.7. The number of thioether (sulfide) groups is 1. The zero-order valence-corrected chi connectivity index (χ0v) is 21.9. The number of methoxy groups -OCH3 is 1. The van der Waals surface area contributed by atoms with Crippen LogP contribution in [0.3, 0.4) is 0 Å². The van der Waals surface area contributed by atoms with Gasteiger partial charge in [-0.25, -0.2) is 4.68 Å². The highest BCUT2D eigenvalue weighted by atomic mass is 32.2. The molecule has 0 radical (unpaired) electrons. The van der Waals surface area contributed by atoms with Crippen LogP contribution in [0.1, 0.15) is 39.3 Å². The van der Waals surface area contributed by atoms with Crippen LogP contribution in [0.15, 0.2) is 58.9 Å². The van der Waals surface area contributed by atoms with Crippen LogP contribution < -0.4 is 24.8 Å². The Kier molecular flexibility index (Phi) is 8.04. The topological polar surface area (TPSA) is 99.5 Å². The summed E-state index contributed by atoms with van der Waals surface area (Å²) in [6.07, 6.45) is 0. The van der Waals surface area contributed by atoms with E-state index in [1.165, 1.54) is 0 Å². The average molecular weight is 510 g/mol. The second-order valence-corrected chi connectivity index (χ2v) is 9.12. The number of ether oxygens (including phenoxy) is 3. The molecule has 1 unspecified atom stereocenters. The molecule has 4 rings (SSSR count). The van der Waals surface area contributed by atoms with Gasteiger partial charge in [0, 0.05) is 5.70 Å². The molecule has 0 bridgehead atoms. The summed E-state index contributed by atoms with van der Waals surface area (Å²) in [5, 5.41) is 11.7. The molecule has 2 heterocycles. The van der Waals surface area contributed by atoms with E-state index in [1.54, 1.807) is 23.6 Å². The Morgan fingerprint density at radius 1 is 1.08 bits per heavy atom. The van der Waals surface area contributed by atoms with Crippen LogP contribution in [0.2, 0.25) is 0 Å². The lowest BCUT2D eigenvalue weighted by atomic mass is 9.94. The van der Waals surface area contributed by atoms with Gasteiger partial charge in [0.05, 0.1) is 31.6 Å². The maximum Gasteiger partial charge on any atom is 0.255 e. The minimum Gasteiger partial charge on any atom is -0.493 e. The van der Waals surface area contributed by atoms with Gasteiger partial charge < -0.3 is 24.8 Å². The largest absolute Gasteiger partial charge is 0.493 e. The number of carbonyl (C=O) groups excluding carboxylic acids is 1. The lowest BCUT2D eigenvalue weighted by molar-refractivity contribution is -0.113. The number of fused-ring (bicyclic) bond motifs is 1. The number of allylic oxidation sites excluding steroid dienone is 1. The minimum atomic E-state index is -0.538. The van der Waals surface area contributed by atoms with Crippen LogP contribution in [0.5, 0.6) is 17.2 Å². The van der Waals surface area contributed by atoms with Crippen molar-refractivity contribution >= 4 is 29.3 Å². The Labute approximate surface area is 215 Å². The van der Waals surface area contributed by atoms with Crippen LogP contribution >= 0.6 is 11.8 Å². The second kappa shape index (κ2) is 11.4. The maximum absolute atomic E-state index is 13.8. The Morgan fingerprint density at radius 2 is 1.83 bits per heavy atom. The lowest BCUT2D eigenvalue weighted by Crippen LogP contribution is -2.31. The zero-order valence-electron chi connectivity index (χ0n) is 21.1. The number of aromatic nitrogens is 3. The smallest absolute Gasteiger partial charge is 0.255 e. The number of hydrogen-bond acceptors (Lipinski definition) is 8. The van der Waals surface area contributed by atoms with Gasteiger partial charge in [0.15, 0.2) is 11.5 Å². The van der Waals surface area contributed by atoms with Crippen LogP contribution in [-0.4, -0.2) is 46.7 Å². The highest BCUT2D eigenvalue weighted by molar-refractivity contribution is 7.99. The molecule has 2 aromatic carbocycles. The number of anilines is 2. The third kappa shape index (κ3) is 5.13. The van der Waals surface area contributed by atoms with E-state index in [0.717, 1.165) is 11.3 Å². The summed E-state index contributed by atoms with van der Waals surface area (Å²) in [6.45, 7) is 8.75. The average Bonchev–Trinajstić information content (AvgIpc) is 3.27. The first-order valence-electron chi connectivity index (χ1n) is 11.9. The van der Waals surface area contributed by atoms with E-state index in [1.807, 2.05) is 70.2 Å². The number of hydrogen-bond donors (Lipinski definition) is 2. The van der Waals surface area contributed by atoms with Crippen molar-refractivity contribution in [3.63, 3.8) is 0 Å². The monoisotopic (exact) mass is 509 g/mol. The van der Waals surface area contributed by atoms with Gasteiger partial charge in [-0.3, -0.25) is 4.79 Å². The molecule has 0 saturated heterocycles. The van der Waals surface area contributed by atoms with E-state index in [2.05, 4.69) is 15.6 Å². The van der Waals surface area contributed by atoms with E-state index in [-0.39, 0.29) is 5.91 Å². The standard InChI is InChI=1S/C26H31N5O4S/c1-6-34-19-12-10-9-11-18(19)28-24(32)22-16(4)27-25-29-26(36-8-3)30-31(25)23(22)17-13-14-20(35-7-2)21(15-17)33-5/h9-15,23H,6-8H2,1-5H3,(H,28,32)(H,27,29,30). The summed E-state index contributed by atoms with van der Waals surface area (Å²) in [4.78, 5) is 18.4. The Bertz CT molecular complexity index is 1270. The molecule has 1 aliphatic heterocycles. The Balaban J connectivity index is 1.80. The molecule has 0 saturated carbocycles. The highest BCUT2D eigenvalue weighted by Gasteiger charge is 2.35. The first-order valence-corrected chi connectivity index (χ1v) is 12.9. The molecule has 2 N–H and O–H groups in total. The highest BCUT2D eigenvalue weighted by Crippen LogP contribution is 2.40. The predicted octanol–water partition coefficient (Wildman–Crippen LogP) is 5.12. The van der Waals surface area contributed by atoms with Gasteiger partial charge in [0.25, 0.3) is 5.91 Å². The molecule has 36 heavy (non-hydrogen) atoms. The summed E-state index contributed by atoms with van der Waals surface area (Å²) in [5.41, 5.74) is 2.61. The summed E-state index contributed by atoms with van der Waals surface area (Å²) in [6, 6.07) is 12.5. The van der Waals surface area contributed by atoms with E-state index < -0.39 is 6.04 Å².